The van der Waals surface area contributed by atoms with E-state index < -0.39 is 0 Å². The Labute approximate surface area is 146 Å². The second-order valence-corrected chi connectivity index (χ2v) is 6.27. The maximum atomic E-state index is 12.2. The molecule has 0 aliphatic rings. The molecule has 126 valence electrons. The van der Waals surface area contributed by atoms with E-state index in [2.05, 4.69) is 46.9 Å². The molecule has 0 aliphatic heterocycles. The molecule has 1 aromatic heterocycles. The number of fused-ring (bicyclic) bond motifs is 1. The standard InChI is InChI=1S/C20H20N4O/c1-14(2)24-13-23-18-11-15(6-7-19(18)24)8-9-22-20(25)17-5-3-4-16(10-17)12-21/h3-7,10-11,13-14H,8-9H2,1-2H3,(H,22,25). The van der Waals surface area contributed by atoms with Gasteiger partial charge in [0.1, 0.15) is 0 Å². The lowest BCUT2D eigenvalue weighted by Crippen LogP contribution is -2.25. The first-order valence-electron chi connectivity index (χ1n) is 8.32. The minimum Gasteiger partial charge on any atom is -0.352 e. The van der Waals surface area contributed by atoms with Crippen molar-refractivity contribution in [2.45, 2.75) is 26.3 Å². The summed E-state index contributed by atoms with van der Waals surface area (Å²) in [6, 6.07) is 15.3. The Kier molecular flexibility index (Phi) is 4.80. The fourth-order valence-electron chi connectivity index (χ4n) is 2.80. The molecule has 1 heterocycles. The summed E-state index contributed by atoms with van der Waals surface area (Å²) in [7, 11) is 0. The van der Waals surface area contributed by atoms with Crippen LogP contribution in [-0.4, -0.2) is 22.0 Å². The van der Waals surface area contributed by atoms with Crippen molar-refractivity contribution in [2.75, 3.05) is 6.54 Å². The zero-order chi connectivity index (χ0) is 17.8. The molecule has 0 atom stereocenters. The van der Waals surface area contributed by atoms with Gasteiger partial charge in [-0.25, -0.2) is 4.98 Å². The first-order valence-corrected chi connectivity index (χ1v) is 8.32. The van der Waals surface area contributed by atoms with Gasteiger partial charge in [-0.2, -0.15) is 5.26 Å². The number of amides is 1. The molecule has 1 amide bonds. The predicted octanol–water partition coefficient (Wildman–Crippen LogP) is 3.46. The quantitative estimate of drug-likeness (QED) is 0.778. The average molecular weight is 332 g/mol. The van der Waals surface area contributed by atoms with Crippen molar-refractivity contribution in [3.8, 4) is 6.07 Å². The molecule has 5 nitrogen and oxygen atoms in total. The summed E-state index contributed by atoms with van der Waals surface area (Å²) in [5.74, 6) is -0.165. The Hall–Kier alpha value is -3.13. The van der Waals surface area contributed by atoms with E-state index in [9.17, 15) is 4.79 Å². The van der Waals surface area contributed by atoms with E-state index in [-0.39, 0.29) is 5.91 Å². The number of carbonyl (C=O) groups excluding carboxylic acids is 1. The van der Waals surface area contributed by atoms with Crippen LogP contribution in [-0.2, 0) is 6.42 Å². The third-order valence-corrected chi connectivity index (χ3v) is 4.15. The first kappa shape index (κ1) is 16.7. The highest BCUT2D eigenvalue weighted by Crippen LogP contribution is 2.19. The van der Waals surface area contributed by atoms with Gasteiger partial charge in [-0.3, -0.25) is 4.79 Å². The van der Waals surface area contributed by atoms with Crippen molar-refractivity contribution in [2.24, 2.45) is 0 Å². The molecular weight excluding hydrogens is 312 g/mol. The molecule has 2 aromatic carbocycles. The molecule has 0 saturated heterocycles. The van der Waals surface area contributed by atoms with Gasteiger partial charge in [-0.1, -0.05) is 12.1 Å². The van der Waals surface area contributed by atoms with Crippen molar-refractivity contribution < 1.29 is 4.79 Å². The molecule has 3 rings (SSSR count). The number of imidazole rings is 1. The number of rotatable bonds is 5. The highest BCUT2D eigenvalue weighted by atomic mass is 16.1. The van der Waals surface area contributed by atoms with Gasteiger partial charge in [0, 0.05) is 18.2 Å². The number of carbonyl (C=O) groups is 1. The SMILES string of the molecule is CC(C)n1cnc2cc(CCNC(=O)c3cccc(C#N)c3)ccc21. The summed E-state index contributed by atoms with van der Waals surface area (Å²) in [4.78, 5) is 16.6. The van der Waals surface area contributed by atoms with Crippen LogP contribution in [0.2, 0.25) is 0 Å². The number of nitriles is 1. The van der Waals surface area contributed by atoms with Gasteiger partial charge in [0.05, 0.1) is 29.0 Å². The molecule has 0 spiro atoms. The fraction of sp³-hybridized carbons (Fsp3) is 0.250. The minimum atomic E-state index is -0.165. The van der Waals surface area contributed by atoms with Crippen molar-refractivity contribution in [1.29, 1.82) is 5.26 Å². The van der Waals surface area contributed by atoms with E-state index in [0.717, 1.165) is 23.0 Å². The summed E-state index contributed by atoms with van der Waals surface area (Å²) in [5, 5.41) is 11.8. The van der Waals surface area contributed by atoms with Crippen LogP contribution in [0.15, 0.2) is 48.8 Å². The van der Waals surface area contributed by atoms with Crippen LogP contribution in [0.4, 0.5) is 0 Å². The van der Waals surface area contributed by atoms with Gasteiger partial charge in [-0.15, -0.1) is 0 Å². The molecule has 1 N–H and O–H groups in total. The first-order chi connectivity index (χ1) is 12.1. The molecule has 3 aromatic rings. The number of nitrogens with zero attached hydrogens (tertiary/aromatic N) is 3. The van der Waals surface area contributed by atoms with E-state index in [1.807, 2.05) is 12.4 Å². The zero-order valence-electron chi connectivity index (χ0n) is 14.4. The lowest BCUT2D eigenvalue weighted by atomic mass is 10.1. The van der Waals surface area contributed by atoms with E-state index >= 15 is 0 Å². The van der Waals surface area contributed by atoms with Crippen molar-refractivity contribution in [3.63, 3.8) is 0 Å². The van der Waals surface area contributed by atoms with Crippen LogP contribution in [0.25, 0.3) is 11.0 Å². The van der Waals surface area contributed by atoms with Crippen LogP contribution in [0.5, 0.6) is 0 Å². The van der Waals surface area contributed by atoms with Crippen molar-refractivity contribution >= 4 is 16.9 Å². The predicted molar refractivity (Wildman–Crippen MR) is 97.3 cm³/mol. The molecule has 0 aliphatic carbocycles. The van der Waals surface area contributed by atoms with Gasteiger partial charge < -0.3 is 9.88 Å². The Morgan fingerprint density at radius 1 is 1.28 bits per heavy atom. The number of aromatic nitrogens is 2. The highest BCUT2D eigenvalue weighted by Gasteiger charge is 2.08. The van der Waals surface area contributed by atoms with Crippen LogP contribution in [0.1, 0.15) is 41.4 Å². The summed E-state index contributed by atoms with van der Waals surface area (Å²) in [5.41, 5.74) is 4.21. The van der Waals surface area contributed by atoms with E-state index in [1.54, 1.807) is 24.3 Å². The lowest BCUT2D eigenvalue weighted by molar-refractivity contribution is 0.0954. The number of hydrogen-bond acceptors (Lipinski definition) is 3. The summed E-state index contributed by atoms with van der Waals surface area (Å²) < 4.78 is 2.14. The number of hydrogen-bond donors (Lipinski definition) is 1. The highest BCUT2D eigenvalue weighted by molar-refractivity contribution is 5.94. The summed E-state index contributed by atoms with van der Waals surface area (Å²) >= 11 is 0. The molecule has 25 heavy (non-hydrogen) atoms. The minimum absolute atomic E-state index is 0.165. The maximum Gasteiger partial charge on any atom is 0.251 e. The average Bonchev–Trinajstić information content (AvgIpc) is 3.05. The second kappa shape index (κ2) is 7.18. The second-order valence-electron chi connectivity index (χ2n) is 6.27. The lowest BCUT2D eigenvalue weighted by Gasteiger charge is -2.09. The van der Waals surface area contributed by atoms with Crippen LogP contribution >= 0.6 is 0 Å². The Morgan fingerprint density at radius 2 is 2.12 bits per heavy atom. The molecule has 0 saturated carbocycles. The Bertz CT molecular complexity index is 950. The summed E-state index contributed by atoms with van der Waals surface area (Å²) in [6.07, 6.45) is 2.59. The maximum absolute atomic E-state index is 12.2. The smallest absolute Gasteiger partial charge is 0.251 e. The third-order valence-electron chi connectivity index (χ3n) is 4.15. The van der Waals surface area contributed by atoms with Gasteiger partial charge >= 0.3 is 0 Å². The molecule has 0 bridgehead atoms. The molecule has 0 unspecified atom stereocenters. The topological polar surface area (TPSA) is 70.7 Å². The van der Waals surface area contributed by atoms with E-state index in [1.165, 1.54) is 0 Å². The summed E-state index contributed by atoms with van der Waals surface area (Å²) in [6.45, 7) is 4.80. The fourth-order valence-corrected chi connectivity index (χ4v) is 2.80. The van der Waals surface area contributed by atoms with Crippen molar-refractivity contribution in [3.05, 3.63) is 65.5 Å². The number of nitrogens with one attached hydrogen (secondary N) is 1. The monoisotopic (exact) mass is 332 g/mol. The third kappa shape index (κ3) is 3.69. The molecule has 0 radical (unpaired) electrons. The normalized spacial score (nSPS) is 10.8. The Balaban J connectivity index is 1.63. The van der Waals surface area contributed by atoms with E-state index in [4.69, 9.17) is 5.26 Å². The van der Waals surface area contributed by atoms with Crippen LogP contribution < -0.4 is 5.32 Å². The zero-order valence-corrected chi connectivity index (χ0v) is 14.4. The van der Waals surface area contributed by atoms with Crippen molar-refractivity contribution in [1.82, 2.24) is 14.9 Å². The molecular formula is C20H20N4O. The van der Waals surface area contributed by atoms with Crippen LogP contribution in [0.3, 0.4) is 0 Å². The van der Waals surface area contributed by atoms with Crippen LogP contribution in [0, 0.1) is 11.3 Å². The van der Waals surface area contributed by atoms with Gasteiger partial charge in [0.25, 0.3) is 5.91 Å². The Morgan fingerprint density at radius 3 is 2.88 bits per heavy atom. The van der Waals surface area contributed by atoms with Gasteiger partial charge in [-0.05, 0) is 56.2 Å². The van der Waals surface area contributed by atoms with Gasteiger partial charge in [0.2, 0.25) is 0 Å². The molecule has 5 heteroatoms. The molecule has 0 fully saturated rings. The van der Waals surface area contributed by atoms with E-state index in [0.29, 0.717) is 23.7 Å². The number of benzene rings is 2. The van der Waals surface area contributed by atoms with Gasteiger partial charge in [0.15, 0.2) is 0 Å². The largest absolute Gasteiger partial charge is 0.352 e.